The average Bonchev–Trinajstić information content (AvgIpc) is 3.00. The Morgan fingerprint density at radius 3 is 2.86 bits per heavy atom. The van der Waals surface area contributed by atoms with Crippen LogP contribution in [0.2, 0.25) is 0 Å². The number of likely N-dealkylation sites (tertiary alicyclic amines) is 1. The second-order valence-corrected chi connectivity index (χ2v) is 7.10. The number of amides is 1. The number of carbonyl (C=O) groups is 2. The minimum Gasteiger partial charge on any atom is -0.481 e. The Morgan fingerprint density at radius 2 is 2.23 bits per heavy atom. The first kappa shape index (κ1) is 15.5. The van der Waals surface area contributed by atoms with Gasteiger partial charge in [0.1, 0.15) is 5.82 Å². The molecule has 2 fully saturated rings. The van der Waals surface area contributed by atoms with E-state index in [2.05, 4.69) is 15.9 Å². The predicted octanol–water partition coefficient (Wildman–Crippen LogP) is 2.84. The number of aliphatic carboxylic acids is 1. The monoisotopic (exact) mass is 369 g/mol. The third-order valence-corrected chi connectivity index (χ3v) is 5.60. The summed E-state index contributed by atoms with van der Waals surface area (Å²) in [5, 5.41) is 9.54. The van der Waals surface area contributed by atoms with Crippen molar-refractivity contribution in [1.82, 2.24) is 4.90 Å². The summed E-state index contributed by atoms with van der Waals surface area (Å²) in [6.07, 6.45) is 2.61. The molecule has 4 nitrogen and oxygen atoms in total. The maximum atomic E-state index is 13.2. The van der Waals surface area contributed by atoms with E-state index in [1.54, 1.807) is 17.0 Å². The van der Waals surface area contributed by atoms with Crippen LogP contribution in [0.1, 0.15) is 24.8 Å². The Hall–Kier alpha value is -1.43. The molecule has 0 radical (unpaired) electrons. The van der Waals surface area contributed by atoms with Gasteiger partial charge in [0.05, 0.1) is 16.3 Å². The van der Waals surface area contributed by atoms with E-state index in [1.165, 1.54) is 6.07 Å². The molecule has 22 heavy (non-hydrogen) atoms. The van der Waals surface area contributed by atoms with Gasteiger partial charge in [-0.1, -0.05) is 12.5 Å². The molecule has 1 aliphatic heterocycles. The molecule has 2 aliphatic rings. The van der Waals surface area contributed by atoms with Gasteiger partial charge in [0.15, 0.2) is 0 Å². The normalized spacial score (nSPS) is 27.0. The lowest BCUT2D eigenvalue weighted by molar-refractivity contribution is -0.149. The first-order valence-electron chi connectivity index (χ1n) is 7.37. The molecular weight excluding hydrogens is 353 g/mol. The van der Waals surface area contributed by atoms with Crippen molar-refractivity contribution in [1.29, 1.82) is 0 Å². The molecule has 1 aromatic carbocycles. The van der Waals surface area contributed by atoms with Crippen molar-refractivity contribution in [3.8, 4) is 0 Å². The Bertz CT molecular complexity index is 636. The Labute approximate surface area is 136 Å². The van der Waals surface area contributed by atoms with Crippen molar-refractivity contribution in [2.24, 2.45) is 11.3 Å². The fourth-order valence-electron chi connectivity index (χ4n) is 3.76. The molecule has 6 heteroatoms. The van der Waals surface area contributed by atoms with Crippen LogP contribution in [0.15, 0.2) is 22.7 Å². The van der Waals surface area contributed by atoms with Crippen LogP contribution < -0.4 is 0 Å². The van der Waals surface area contributed by atoms with Gasteiger partial charge in [0, 0.05) is 13.1 Å². The Morgan fingerprint density at radius 1 is 1.45 bits per heavy atom. The van der Waals surface area contributed by atoms with E-state index in [1.807, 2.05) is 0 Å². The molecule has 118 valence electrons. The fraction of sp³-hybridized carbons (Fsp3) is 0.500. The molecule has 1 heterocycles. The summed E-state index contributed by atoms with van der Waals surface area (Å²) in [6, 6.07) is 4.50. The van der Waals surface area contributed by atoms with Gasteiger partial charge in [-0.05, 0) is 52.4 Å². The number of carboxylic acids is 1. The highest BCUT2D eigenvalue weighted by atomic mass is 79.9. The molecule has 1 N–H and O–H groups in total. The van der Waals surface area contributed by atoms with Crippen molar-refractivity contribution in [2.75, 3.05) is 13.1 Å². The molecule has 1 saturated heterocycles. The van der Waals surface area contributed by atoms with E-state index >= 15 is 0 Å². The fourth-order valence-corrected chi connectivity index (χ4v) is 4.19. The number of hydrogen-bond donors (Lipinski definition) is 1. The summed E-state index contributed by atoms with van der Waals surface area (Å²) in [5.74, 6) is -1.17. The van der Waals surface area contributed by atoms with Crippen LogP contribution in [-0.4, -0.2) is 35.0 Å². The minimum absolute atomic E-state index is 0.0638. The predicted molar refractivity (Wildman–Crippen MR) is 81.8 cm³/mol. The number of rotatable bonds is 3. The second kappa shape index (κ2) is 5.65. The molecule has 3 rings (SSSR count). The SMILES string of the molecule is O=C(Cc1ccc(F)c(Br)c1)N1C[C@@H]2CCC[C@@]2(C(=O)O)C1. The quantitative estimate of drug-likeness (QED) is 0.890. The first-order chi connectivity index (χ1) is 10.4. The highest BCUT2D eigenvalue weighted by Gasteiger charge is 2.55. The topological polar surface area (TPSA) is 57.6 Å². The van der Waals surface area contributed by atoms with Crippen molar-refractivity contribution in [3.05, 3.63) is 34.1 Å². The van der Waals surface area contributed by atoms with Gasteiger partial charge in [-0.15, -0.1) is 0 Å². The number of carbonyl (C=O) groups excluding carboxylic acids is 1. The van der Waals surface area contributed by atoms with Gasteiger partial charge in [-0.2, -0.15) is 0 Å². The lowest BCUT2D eigenvalue weighted by Gasteiger charge is -2.23. The molecule has 1 aromatic rings. The highest BCUT2D eigenvalue weighted by Crippen LogP contribution is 2.48. The molecule has 2 atom stereocenters. The van der Waals surface area contributed by atoms with Gasteiger partial charge in [-0.25, -0.2) is 4.39 Å². The average molecular weight is 370 g/mol. The third-order valence-electron chi connectivity index (χ3n) is 4.99. The van der Waals surface area contributed by atoms with Crippen LogP contribution in [0.25, 0.3) is 0 Å². The zero-order valence-electron chi connectivity index (χ0n) is 12.0. The summed E-state index contributed by atoms with van der Waals surface area (Å²) in [4.78, 5) is 25.7. The number of halogens is 2. The van der Waals surface area contributed by atoms with E-state index in [9.17, 15) is 19.1 Å². The molecule has 0 bridgehead atoms. The molecule has 0 unspecified atom stereocenters. The van der Waals surface area contributed by atoms with Gasteiger partial charge < -0.3 is 10.0 Å². The molecule has 0 spiro atoms. The van der Waals surface area contributed by atoms with Gasteiger partial charge >= 0.3 is 5.97 Å². The van der Waals surface area contributed by atoms with Crippen molar-refractivity contribution < 1.29 is 19.1 Å². The number of fused-ring (bicyclic) bond motifs is 1. The van der Waals surface area contributed by atoms with E-state index in [-0.39, 0.29) is 24.1 Å². The standard InChI is InChI=1S/C16H17BrFNO3/c17-12-6-10(3-4-13(12)18)7-14(20)19-8-11-2-1-5-16(11,9-19)15(21)22/h3-4,6,11H,1-2,5,7-9H2,(H,21,22)/t11-,16+/m0/s1. The Kier molecular flexibility index (Phi) is 3.97. The zero-order valence-corrected chi connectivity index (χ0v) is 13.6. The summed E-state index contributed by atoms with van der Waals surface area (Å²) >= 11 is 3.11. The highest BCUT2D eigenvalue weighted by molar-refractivity contribution is 9.10. The maximum Gasteiger partial charge on any atom is 0.311 e. The zero-order chi connectivity index (χ0) is 15.9. The Balaban J connectivity index is 1.71. The minimum atomic E-state index is -0.783. The van der Waals surface area contributed by atoms with Crippen LogP contribution in [0, 0.1) is 17.2 Å². The van der Waals surface area contributed by atoms with Crippen LogP contribution in [0.4, 0.5) is 4.39 Å². The second-order valence-electron chi connectivity index (χ2n) is 6.25. The van der Waals surface area contributed by atoms with E-state index in [0.717, 1.165) is 18.4 Å². The molecule has 1 amide bonds. The number of carboxylic acid groups (broad SMARTS) is 1. The number of hydrogen-bond acceptors (Lipinski definition) is 2. The summed E-state index contributed by atoms with van der Waals surface area (Å²) in [7, 11) is 0. The van der Waals surface area contributed by atoms with Crippen LogP contribution in [-0.2, 0) is 16.0 Å². The molecular formula is C16H17BrFNO3. The van der Waals surface area contributed by atoms with Crippen LogP contribution in [0.5, 0.6) is 0 Å². The maximum absolute atomic E-state index is 13.2. The van der Waals surface area contributed by atoms with E-state index < -0.39 is 11.4 Å². The van der Waals surface area contributed by atoms with Crippen molar-refractivity contribution in [3.63, 3.8) is 0 Å². The molecule has 1 aliphatic carbocycles. The lowest BCUT2D eigenvalue weighted by atomic mass is 9.81. The molecule has 0 aromatic heterocycles. The van der Waals surface area contributed by atoms with Crippen molar-refractivity contribution >= 4 is 27.8 Å². The van der Waals surface area contributed by atoms with Gasteiger partial charge in [0.25, 0.3) is 0 Å². The first-order valence-corrected chi connectivity index (χ1v) is 8.17. The van der Waals surface area contributed by atoms with Crippen LogP contribution >= 0.6 is 15.9 Å². The lowest BCUT2D eigenvalue weighted by Crippen LogP contribution is -2.37. The third kappa shape index (κ3) is 2.53. The number of nitrogens with zero attached hydrogens (tertiary/aromatic N) is 1. The molecule has 1 saturated carbocycles. The van der Waals surface area contributed by atoms with Crippen LogP contribution in [0.3, 0.4) is 0 Å². The largest absolute Gasteiger partial charge is 0.481 e. The van der Waals surface area contributed by atoms with Gasteiger partial charge in [-0.3, -0.25) is 9.59 Å². The van der Waals surface area contributed by atoms with E-state index in [4.69, 9.17) is 0 Å². The smallest absolute Gasteiger partial charge is 0.311 e. The number of benzene rings is 1. The van der Waals surface area contributed by atoms with Crippen molar-refractivity contribution in [2.45, 2.75) is 25.7 Å². The van der Waals surface area contributed by atoms with Gasteiger partial charge in [0.2, 0.25) is 5.91 Å². The summed E-state index contributed by atoms with van der Waals surface area (Å²) < 4.78 is 13.6. The summed E-state index contributed by atoms with van der Waals surface area (Å²) in [5.41, 5.74) is -0.0290. The van der Waals surface area contributed by atoms with E-state index in [0.29, 0.717) is 24.0 Å². The summed E-state index contributed by atoms with van der Waals surface area (Å²) in [6.45, 7) is 0.821.